The first-order valence-corrected chi connectivity index (χ1v) is 8.82. The molecule has 0 bridgehead atoms. The molecule has 0 radical (unpaired) electrons. The largest absolute Gasteiger partial charge is 0.478 e. The Morgan fingerprint density at radius 3 is 2.67 bits per heavy atom. The highest BCUT2D eigenvalue weighted by atomic mass is 16.5. The molecule has 2 aromatic heterocycles. The van der Waals surface area contributed by atoms with E-state index in [4.69, 9.17) is 4.74 Å². The van der Waals surface area contributed by atoms with Gasteiger partial charge in [0, 0.05) is 31.5 Å². The molecule has 3 N–H and O–H groups in total. The Morgan fingerprint density at radius 2 is 1.96 bits per heavy atom. The second kappa shape index (κ2) is 8.35. The third-order valence-electron chi connectivity index (χ3n) is 4.10. The standard InChI is InChI=1S/C20H22N4O3/c1-3-10-27-17-9-8-16-18(24-17)19(25)15(12-22-16)20(26)23-11-13-4-6-14(21-2)7-5-13/h4-9,12,21H,3,10-11H2,1-2H3,(H,22,25)(H,23,26). The quantitative estimate of drug-likeness (QED) is 0.597. The summed E-state index contributed by atoms with van der Waals surface area (Å²) in [5.74, 6) is -0.0745. The number of rotatable bonds is 7. The fraction of sp³-hybridized carbons (Fsp3) is 0.250. The van der Waals surface area contributed by atoms with Gasteiger partial charge in [-0.3, -0.25) is 9.59 Å². The second-order valence-electron chi connectivity index (χ2n) is 6.06. The van der Waals surface area contributed by atoms with E-state index in [0.29, 0.717) is 24.5 Å². The van der Waals surface area contributed by atoms with Crippen LogP contribution in [0, 0.1) is 0 Å². The van der Waals surface area contributed by atoms with Crippen molar-refractivity contribution in [3.8, 4) is 5.88 Å². The second-order valence-corrected chi connectivity index (χ2v) is 6.06. The van der Waals surface area contributed by atoms with E-state index < -0.39 is 11.3 Å². The van der Waals surface area contributed by atoms with Crippen LogP contribution in [0.4, 0.5) is 5.69 Å². The van der Waals surface area contributed by atoms with Gasteiger partial charge in [0.25, 0.3) is 5.91 Å². The maximum absolute atomic E-state index is 12.7. The van der Waals surface area contributed by atoms with E-state index in [1.54, 1.807) is 12.1 Å². The van der Waals surface area contributed by atoms with Crippen LogP contribution < -0.4 is 20.8 Å². The van der Waals surface area contributed by atoms with Crippen molar-refractivity contribution in [3.63, 3.8) is 0 Å². The van der Waals surface area contributed by atoms with Gasteiger partial charge >= 0.3 is 0 Å². The molecule has 3 rings (SSSR count). The minimum atomic E-state index is -0.447. The maximum Gasteiger partial charge on any atom is 0.257 e. The van der Waals surface area contributed by atoms with E-state index in [1.165, 1.54) is 6.20 Å². The van der Waals surface area contributed by atoms with Gasteiger partial charge in [-0.25, -0.2) is 4.98 Å². The van der Waals surface area contributed by atoms with Gasteiger partial charge in [-0.2, -0.15) is 0 Å². The van der Waals surface area contributed by atoms with Crippen LogP contribution in [0.3, 0.4) is 0 Å². The van der Waals surface area contributed by atoms with Crippen molar-refractivity contribution in [2.45, 2.75) is 19.9 Å². The van der Waals surface area contributed by atoms with Crippen molar-refractivity contribution < 1.29 is 9.53 Å². The molecule has 0 aliphatic carbocycles. The first-order valence-electron chi connectivity index (χ1n) is 8.82. The predicted octanol–water partition coefficient (Wildman–Crippen LogP) is 2.68. The Balaban J connectivity index is 1.78. The first kappa shape index (κ1) is 18.4. The van der Waals surface area contributed by atoms with E-state index in [1.807, 2.05) is 38.2 Å². The summed E-state index contributed by atoms with van der Waals surface area (Å²) < 4.78 is 5.47. The lowest BCUT2D eigenvalue weighted by Gasteiger charge is -2.08. The number of ether oxygens (including phenoxy) is 1. The highest BCUT2D eigenvalue weighted by molar-refractivity contribution is 5.96. The lowest BCUT2D eigenvalue weighted by atomic mass is 10.2. The Kier molecular flexibility index (Phi) is 5.71. The zero-order valence-electron chi connectivity index (χ0n) is 15.3. The molecule has 0 fully saturated rings. The third kappa shape index (κ3) is 4.25. The summed E-state index contributed by atoms with van der Waals surface area (Å²) in [6.07, 6.45) is 2.26. The molecule has 1 amide bonds. The van der Waals surface area contributed by atoms with Crippen LogP contribution in [0.15, 0.2) is 47.4 Å². The van der Waals surface area contributed by atoms with Crippen LogP contribution in [0.1, 0.15) is 29.3 Å². The number of aromatic amines is 1. The normalized spacial score (nSPS) is 10.6. The molecular weight excluding hydrogens is 344 g/mol. The Hall–Kier alpha value is -3.35. The van der Waals surface area contributed by atoms with Gasteiger partial charge < -0.3 is 20.4 Å². The SMILES string of the molecule is CCCOc1ccc2[nH]cc(C(=O)NCc3ccc(NC)cc3)c(=O)c2n1. The molecule has 0 saturated carbocycles. The van der Waals surface area contributed by atoms with Crippen LogP contribution in [0.5, 0.6) is 5.88 Å². The maximum atomic E-state index is 12.7. The molecule has 0 aliphatic heterocycles. The average Bonchev–Trinajstić information content (AvgIpc) is 2.71. The molecule has 27 heavy (non-hydrogen) atoms. The van der Waals surface area contributed by atoms with Crippen molar-refractivity contribution in [2.24, 2.45) is 0 Å². The van der Waals surface area contributed by atoms with Crippen molar-refractivity contribution >= 4 is 22.6 Å². The summed E-state index contributed by atoms with van der Waals surface area (Å²) in [7, 11) is 1.84. The molecule has 0 aliphatic rings. The number of fused-ring (bicyclic) bond motifs is 1. The molecule has 2 heterocycles. The van der Waals surface area contributed by atoms with Gasteiger partial charge in [0.2, 0.25) is 11.3 Å². The zero-order valence-corrected chi connectivity index (χ0v) is 15.3. The van der Waals surface area contributed by atoms with Gasteiger partial charge in [-0.15, -0.1) is 0 Å². The monoisotopic (exact) mass is 366 g/mol. The number of aromatic nitrogens is 2. The zero-order chi connectivity index (χ0) is 19.2. The van der Waals surface area contributed by atoms with Crippen molar-refractivity contribution in [1.29, 1.82) is 0 Å². The van der Waals surface area contributed by atoms with Gasteiger partial charge in [0.1, 0.15) is 11.1 Å². The first-order chi connectivity index (χ1) is 13.1. The molecule has 0 atom stereocenters. The van der Waals surface area contributed by atoms with E-state index in [-0.39, 0.29) is 11.1 Å². The Morgan fingerprint density at radius 1 is 1.19 bits per heavy atom. The molecule has 0 unspecified atom stereocenters. The summed E-state index contributed by atoms with van der Waals surface area (Å²) in [6, 6.07) is 11.1. The van der Waals surface area contributed by atoms with E-state index in [2.05, 4.69) is 20.6 Å². The van der Waals surface area contributed by atoms with Gasteiger partial charge in [-0.1, -0.05) is 19.1 Å². The topological polar surface area (TPSA) is 96.1 Å². The van der Waals surface area contributed by atoms with Crippen molar-refractivity contribution in [2.75, 3.05) is 19.0 Å². The summed E-state index contributed by atoms with van der Waals surface area (Å²) >= 11 is 0. The van der Waals surface area contributed by atoms with E-state index >= 15 is 0 Å². The number of H-pyrrole nitrogens is 1. The van der Waals surface area contributed by atoms with E-state index in [0.717, 1.165) is 17.7 Å². The van der Waals surface area contributed by atoms with E-state index in [9.17, 15) is 9.59 Å². The number of nitrogens with one attached hydrogen (secondary N) is 3. The number of hydrogen-bond acceptors (Lipinski definition) is 5. The molecule has 0 saturated heterocycles. The number of carbonyl (C=O) groups excluding carboxylic acids is 1. The minimum Gasteiger partial charge on any atom is -0.478 e. The van der Waals surface area contributed by atoms with Gasteiger partial charge in [-0.05, 0) is 30.2 Å². The molecule has 7 heteroatoms. The van der Waals surface area contributed by atoms with Gasteiger partial charge in [0.05, 0.1) is 12.1 Å². The number of carbonyl (C=O) groups is 1. The van der Waals surface area contributed by atoms with Crippen LogP contribution in [0.25, 0.3) is 11.0 Å². The number of amides is 1. The predicted molar refractivity (Wildman–Crippen MR) is 105 cm³/mol. The highest BCUT2D eigenvalue weighted by Crippen LogP contribution is 2.13. The molecule has 7 nitrogen and oxygen atoms in total. The number of pyridine rings is 2. The summed E-state index contributed by atoms with van der Waals surface area (Å²) in [6.45, 7) is 2.83. The lowest BCUT2D eigenvalue weighted by Crippen LogP contribution is -2.28. The number of hydrogen-bond donors (Lipinski definition) is 3. The number of benzene rings is 1. The summed E-state index contributed by atoms with van der Waals surface area (Å²) in [5.41, 5.74) is 2.28. The smallest absolute Gasteiger partial charge is 0.257 e. The molecular formula is C20H22N4O3. The van der Waals surface area contributed by atoms with Crippen molar-refractivity contribution in [1.82, 2.24) is 15.3 Å². The minimum absolute atomic E-state index is 0.0227. The molecule has 1 aromatic carbocycles. The van der Waals surface area contributed by atoms with Crippen LogP contribution in [0.2, 0.25) is 0 Å². The number of anilines is 1. The fourth-order valence-electron chi connectivity index (χ4n) is 2.60. The van der Waals surface area contributed by atoms with Crippen LogP contribution in [-0.4, -0.2) is 29.5 Å². The Bertz CT molecular complexity index is 996. The summed E-state index contributed by atoms with van der Waals surface area (Å²) in [5, 5.41) is 5.81. The lowest BCUT2D eigenvalue weighted by molar-refractivity contribution is 0.0949. The average molecular weight is 366 g/mol. The molecule has 0 spiro atoms. The number of nitrogens with zero attached hydrogens (tertiary/aromatic N) is 1. The summed E-state index contributed by atoms with van der Waals surface area (Å²) in [4.78, 5) is 32.3. The van der Waals surface area contributed by atoms with Crippen molar-refractivity contribution in [3.05, 3.63) is 63.9 Å². The molecule has 3 aromatic rings. The van der Waals surface area contributed by atoms with Gasteiger partial charge in [0.15, 0.2) is 0 Å². The fourth-order valence-corrected chi connectivity index (χ4v) is 2.60. The van der Waals surface area contributed by atoms with Crippen LogP contribution >= 0.6 is 0 Å². The van der Waals surface area contributed by atoms with Crippen LogP contribution in [-0.2, 0) is 6.54 Å². The third-order valence-corrected chi connectivity index (χ3v) is 4.10. The highest BCUT2D eigenvalue weighted by Gasteiger charge is 2.14. The molecule has 140 valence electrons. The Labute approximate surface area is 156 Å².